The van der Waals surface area contributed by atoms with Gasteiger partial charge in [-0.05, 0) is 54.4 Å². The quantitative estimate of drug-likeness (QED) is 0.849. The fourth-order valence-corrected chi connectivity index (χ4v) is 1.96. The predicted molar refractivity (Wildman–Crippen MR) is 69.3 cm³/mol. The minimum absolute atomic E-state index is 0.190. The third kappa shape index (κ3) is 2.71. The van der Waals surface area contributed by atoms with Crippen LogP contribution in [0.5, 0.6) is 0 Å². The molecule has 2 heteroatoms. The maximum atomic E-state index is 13.3. The first-order chi connectivity index (χ1) is 8.20. The van der Waals surface area contributed by atoms with Crippen molar-refractivity contribution in [3.05, 3.63) is 59.4 Å². The van der Waals surface area contributed by atoms with Crippen LogP contribution in [-0.4, -0.2) is 7.05 Å². The molecule has 0 aliphatic heterocycles. The van der Waals surface area contributed by atoms with E-state index in [4.69, 9.17) is 0 Å². The van der Waals surface area contributed by atoms with Crippen LogP contribution in [0.1, 0.15) is 11.1 Å². The molecule has 0 aliphatic carbocycles. The van der Waals surface area contributed by atoms with Crippen molar-refractivity contribution in [2.75, 3.05) is 7.05 Å². The Morgan fingerprint density at radius 1 is 1.12 bits per heavy atom. The lowest BCUT2D eigenvalue weighted by Gasteiger charge is -2.08. The molecule has 0 fully saturated rings. The second-order valence-corrected chi connectivity index (χ2v) is 4.19. The highest BCUT2D eigenvalue weighted by Crippen LogP contribution is 2.25. The second-order valence-electron chi connectivity index (χ2n) is 4.19. The molecule has 2 rings (SSSR count). The lowest BCUT2D eigenvalue weighted by Crippen LogP contribution is -2.04. The number of nitrogens with one attached hydrogen (secondary N) is 1. The number of aryl methyl sites for hydroxylation is 1. The van der Waals surface area contributed by atoms with Crippen LogP contribution in [0.15, 0.2) is 42.5 Å². The first kappa shape index (κ1) is 11.8. The van der Waals surface area contributed by atoms with Crippen LogP contribution in [0.2, 0.25) is 0 Å². The van der Waals surface area contributed by atoms with E-state index in [-0.39, 0.29) is 5.82 Å². The lowest BCUT2D eigenvalue weighted by atomic mass is 9.99. The summed E-state index contributed by atoms with van der Waals surface area (Å²) in [6, 6.07) is 13.1. The summed E-state index contributed by atoms with van der Waals surface area (Å²) in [6.07, 6.45) is 0. The van der Waals surface area contributed by atoms with Gasteiger partial charge in [-0.25, -0.2) is 4.39 Å². The van der Waals surface area contributed by atoms with Gasteiger partial charge < -0.3 is 5.32 Å². The molecule has 0 spiro atoms. The zero-order chi connectivity index (χ0) is 12.3. The topological polar surface area (TPSA) is 12.0 Å². The molecule has 0 atom stereocenters. The van der Waals surface area contributed by atoms with Crippen LogP contribution < -0.4 is 5.32 Å². The summed E-state index contributed by atoms with van der Waals surface area (Å²) >= 11 is 0. The van der Waals surface area contributed by atoms with Crippen molar-refractivity contribution < 1.29 is 4.39 Å². The zero-order valence-electron chi connectivity index (χ0n) is 10.1. The number of rotatable bonds is 3. The van der Waals surface area contributed by atoms with Crippen LogP contribution in [0.25, 0.3) is 11.1 Å². The fourth-order valence-electron chi connectivity index (χ4n) is 1.96. The predicted octanol–water partition coefficient (Wildman–Crippen LogP) is 3.52. The maximum absolute atomic E-state index is 13.3. The van der Waals surface area contributed by atoms with E-state index >= 15 is 0 Å². The van der Waals surface area contributed by atoms with Gasteiger partial charge in [0, 0.05) is 6.54 Å². The molecule has 0 bridgehead atoms. The van der Waals surface area contributed by atoms with Gasteiger partial charge in [-0.2, -0.15) is 0 Å². The fraction of sp³-hybridized carbons (Fsp3) is 0.200. The van der Waals surface area contributed by atoms with E-state index in [0.717, 1.165) is 23.2 Å². The van der Waals surface area contributed by atoms with Crippen LogP contribution >= 0.6 is 0 Å². The smallest absolute Gasteiger partial charge is 0.123 e. The van der Waals surface area contributed by atoms with Crippen molar-refractivity contribution in [1.29, 1.82) is 0 Å². The molecule has 1 nitrogen and oxygen atoms in total. The first-order valence-electron chi connectivity index (χ1n) is 5.71. The molecule has 0 saturated carbocycles. The van der Waals surface area contributed by atoms with E-state index in [1.54, 1.807) is 6.07 Å². The van der Waals surface area contributed by atoms with Gasteiger partial charge in [0.1, 0.15) is 5.82 Å². The highest BCUT2D eigenvalue weighted by molar-refractivity contribution is 5.67. The Kier molecular flexibility index (Phi) is 3.55. The van der Waals surface area contributed by atoms with Crippen LogP contribution in [0.4, 0.5) is 4.39 Å². The van der Waals surface area contributed by atoms with Crippen LogP contribution in [0, 0.1) is 12.7 Å². The summed E-state index contributed by atoms with van der Waals surface area (Å²) in [5.74, 6) is -0.190. The van der Waals surface area contributed by atoms with Crippen molar-refractivity contribution in [2.45, 2.75) is 13.5 Å². The van der Waals surface area contributed by atoms with E-state index in [2.05, 4.69) is 17.4 Å². The molecule has 0 saturated heterocycles. The van der Waals surface area contributed by atoms with E-state index in [1.165, 1.54) is 11.6 Å². The maximum Gasteiger partial charge on any atom is 0.123 e. The summed E-state index contributed by atoms with van der Waals surface area (Å²) in [6.45, 7) is 2.82. The molecule has 2 aromatic carbocycles. The highest BCUT2D eigenvalue weighted by atomic mass is 19.1. The van der Waals surface area contributed by atoms with E-state index in [1.807, 2.05) is 32.2 Å². The highest BCUT2D eigenvalue weighted by Gasteiger charge is 2.04. The summed E-state index contributed by atoms with van der Waals surface area (Å²) in [5.41, 5.74) is 4.32. The average molecular weight is 229 g/mol. The molecular weight excluding hydrogens is 213 g/mol. The van der Waals surface area contributed by atoms with E-state index in [9.17, 15) is 4.39 Å². The zero-order valence-corrected chi connectivity index (χ0v) is 10.1. The Morgan fingerprint density at radius 3 is 2.71 bits per heavy atom. The van der Waals surface area contributed by atoms with Gasteiger partial charge in [-0.1, -0.05) is 24.3 Å². The first-order valence-corrected chi connectivity index (χ1v) is 5.71. The monoisotopic (exact) mass is 229 g/mol. The van der Waals surface area contributed by atoms with Crippen molar-refractivity contribution in [2.24, 2.45) is 0 Å². The van der Waals surface area contributed by atoms with Crippen molar-refractivity contribution >= 4 is 0 Å². The number of benzene rings is 2. The molecule has 1 N–H and O–H groups in total. The van der Waals surface area contributed by atoms with E-state index in [0.29, 0.717) is 0 Å². The van der Waals surface area contributed by atoms with Crippen molar-refractivity contribution in [3.8, 4) is 11.1 Å². The van der Waals surface area contributed by atoms with E-state index < -0.39 is 0 Å². The van der Waals surface area contributed by atoms with Crippen molar-refractivity contribution in [1.82, 2.24) is 5.32 Å². The molecule has 0 unspecified atom stereocenters. The van der Waals surface area contributed by atoms with Crippen LogP contribution in [-0.2, 0) is 6.54 Å². The van der Waals surface area contributed by atoms with Crippen LogP contribution in [0.3, 0.4) is 0 Å². The molecule has 0 radical (unpaired) electrons. The van der Waals surface area contributed by atoms with Gasteiger partial charge in [0.2, 0.25) is 0 Å². The molecule has 17 heavy (non-hydrogen) atoms. The molecule has 0 aromatic heterocycles. The van der Waals surface area contributed by atoms with Gasteiger partial charge in [-0.15, -0.1) is 0 Å². The summed E-state index contributed by atoms with van der Waals surface area (Å²) in [4.78, 5) is 0. The Hall–Kier alpha value is -1.67. The molecule has 0 aliphatic rings. The van der Waals surface area contributed by atoms with Gasteiger partial charge in [0.15, 0.2) is 0 Å². The van der Waals surface area contributed by atoms with Gasteiger partial charge in [0.25, 0.3) is 0 Å². The minimum atomic E-state index is -0.190. The average Bonchev–Trinajstić information content (AvgIpc) is 2.33. The standard InChI is InChI=1S/C15H16FN/c1-11-6-7-14(16)9-15(11)13-5-3-4-12(8-13)10-17-2/h3-9,17H,10H2,1-2H3. The molecular formula is C15H16FN. The SMILES string of the molecule is CNCc1cccc(-c2cc(F)ccc2C)c1. The summed E-state index contributed by atoms with van der Waals surface area (Å²) in [5, 5.41) is 3.11. The number of hydrogen-bond acceptors (Lipinski definition) is 1. The van der Waals surface area contributed by atoms with Gasteiger partial charge >= 0.3 is 0 Å². The Bertz CT molecular complexity index is 520. The molecule has 0 amide bonds. The summed E-state index contributed by atoms with van der Waals surface area (Å²) in [7, 11) is 1.92. The number of hydrogen-bond donors (Lipinski definition) is 1. The molecule has 2 aromatic rings. The molecule has 88 valence electrons. The third-order valence-electron chi connectivity index (χ3n) is 2.82. The van der Waals surface area contributed by atoms with Crippen molar-refractivity contribution in [3.63, 3.8) is 0 Å². The van der Waals surface area contributed by atoms with Gasteiger partial charge in [0.05, 0.1) is 0 Å². The number of halogens is 1. The Labute approximate surface area is 101 Å². The largest absolute Gasteiger partial charge is 0.316 e. The normalized spacial score (nSPS) is 10.5. The van der Waals surface area contributed by atoms with Gasteiger partial charge in [-0.3, -0.25) is 0 Å². The Balaban J connectivity index is 2.45. The second kappa shape index (κ2) is 5.11. The lowest BCUT2D eigenvalue weighted by molar-refractivity contribution is 0.628. The summed E-state index contributed by atoms with van der Waals surface area (Å²) < 4.78 is 13.3. The third-order valence-corrected chi connectivity index (χ3v) is 2.82. The minimum Gasteiger partial charge on any atom is -0.316 e. The Morgan fingerprint density at radius 2 is 1.94 bits per heavy atom. The molecule has 0 heterocycles.